The van der Waals surface area contributed by atoms with Gasteiger partial charge in [0.05, 0.1) is 36.0 Å². The van der Waals surface area contributed by atoms with Gasteiger partial charge in [0.1, 0.15) is 12.2 Å². The Bertz CT molecular complexity index is 1500. The number of hydrogen-bond acceptors (Lipinski definition) is 8. The maximum atomic E-state index is 7.65. The van der Waals surface area contributed by atoms with Crippen molar-refractivity contribution in [2.75, 3.05) is 0 Å². The van der Waals surface area contributed by atoms with Gasteiger partial charge in [-0.25, -0.2) is 0 Å². The molecule has 9 heterocycles. The number of ether oxygens (including phenoxy) is 2. The van der Waals surface area contributed by atoms with Crippen LogP contribution in [0, 0.1) is 23.7 Å². The summed E-state index contributed by atoms with van der Waals surface area (Å²) in [5.74, 6) is 8.36. The average Bonchev–Trinajstić information content (AvgIpc) is 3.82. The zero-order chi connectivity index (χ0) is 31.3. The standard InChI is InChI=1S/C40H55BN6O2/c1-16-42-18-14-24-28-30-31-29-25(15-19-36-34(29)41-32-22(44(16)35(18)33(28)41)10-7-11-23(32)45(36)17(2)43-19)47-21-9-4-6-13-27(21)49-40(38(31)47)39-37(30)46(24)20-8-3-5-12-26(20)48-39/h18-40H,3-15H2,1-2H3. The third-order valence-corrected chi connectivity index (χ3v) is 19.7. The van der Waals surface area contributed by atoms with E-state index in [0.29, 0.717) is 84.7 Å². The van der Waals surface area contributed by atoms with Crippen molar-refractivity contribution in [3.05, 3.63) is 0 Å². The van der Waals surface area contributed by atoms with Gasteiger partial charge in [-0.2, -0.15) is 0 Å². The second-order valence-electron chi connectivity index (χ2n) is 20.4. The van der Waals surface area contributed by atoms with E-state index in [0.717, 1.165) is 47.8 Å². The number of aliphatic imine (C=N–C) groups is 2. The number of morpholine rings is 2. The van der Waals surface area contributed by atoms with Gasteiger partial charge in [0.25, 0.3) is 0 Å². The van der Waals surface area contributed by atoms with E-state index in [4.69, 9.17) is 19.5 Å². The van der Waals surface area contributed by atoms with Crippen molar-refractivity contribution in [2.45, 2.75) is 212 Å². The van der Waals surface area contributed by atoms with E-state index in [1.807, 2.05) is 0 Å². The Morgan fingerprint density at radius 3 is 1.49 bits per heavy atom. The second kappa shape index (κ2) is 8.79. The molecule has 0 aromatic heterocycles. The van der Waals surface area contributed by atoms with Crippen molar-refractivity contribution < 1.29 is 9.47 Å². The highest BCUT2D eigenvalue weighted by atomic mass is 16.6. The third kappa shape index (κ3) is 2.82. The van der Waals surface area contributed by atoms with Crippen LogP contribution in [0.1, 0.15) is 97.3 Å². The molecule has 0 radical (unpaired) electrons. The first-order valence-electron chi connectivity index (χ1n) is 21.7. The minimum absolute atomic E-state index is 0.262. The quantitative estimate of drug-likeness (QED) is 0.361. The zero-order valence-corrected chi connectivity index (χ0v) is 29.5. The van der Waals surface area contributed by atoms with Crippen LogP contribution in [0.4, 0.5) is 0 Å². The van der Waals surface area contributed by atoms with Crippen LogP contribution in [0.2, 0.25) is 17.5 Å². The van der Waals surface area contributed by atoms with Crippen LogP contribution >= 0.6 is 0 Å². The molecule has 6 aliphatic carbocycles. The fourth-order valence-corrected chi connectivity index (χ4v) is 19.5. The summed E-state index contributed by atoms with van der Waals surface area (Å²) >= 11 is 0. The lowest BCUT2D eigenvalue weighted by molar-refractivity contribution is -0.273. The molecule has 0 aromatic carbocycles. The van der Waals surface area contributed by atoms with Crippen molar-refractivity contribution >= 4 is 18.4 Å². The van der Waals surface area contributed by atoms with E-state index in [1.165, 1.54) is 95.1 Å². The molecule has 49 heavy (non-hydrogen) atoms. The lowest BCUT2D eigenvalue weighted by Gasteiger charge is -2.67. The number of hydrogen-bond donors (Lipinski definition) is 0. The molecule has 6 saturated carbocycles. The summed E-state index contributed by atoms with van der Waals surface area (Å²) in [6, 6.07) is 7.45. The Labute approximate surface area is 292 Å². The van der Waals surface area contributed by atoms with Gasteiger partial charge < -0.3 is 19.3 Å². The maximum absolute atomic E-state index is 7.65. The highest BCUT2D eigenvalue weighted by Crippen LogP contribution is 2.76. The average molecular weight is 663 g/mol. The van der Waals surface area contributed by atoms with Crippen molar-refractivity contribution in [3.63, 3.8) is 0 Å². The van der Waals surface area contributed by atoms with E-state index in [2.05, 4.69) is 33.4 Å². The summed E-state index contributed by atoms with van der Waals surface area (Å²) in [5, 5.41) is 0. The molecule has 13 fully saturated rings. The van der Waals surface area contributed by atoms with Crippen LogP contribution in [-0.4, -0.2) is 135 Å². The van der Waals surface area contributed by atoms with Gasteiger partial charge >= 0.3 is 0 Å². The monoisotopic (exact) mass is 662 g/mol. The van der Waals surface area contributed by atoms with Crippen LogP contribution in [0.5, 0.6) is 0 Å². The van der Waals surface area contributed by atoms with Crippen molar-refractivity contribution in [1.29, 1.82) is 0 Å². The van der Waals surface area contributed by atoms with Gasteiger partial charge in [0.15, 0.2) is 6.71 Å². The van der Waals surface area contributed by atoms with Gasteiger partial charge in [-0.1, -0.05) is 25.7 Å². The molecular formula is C40H55BN6O2. The molecule has 0 amide bonds. The zero-order valence-electron chi connectivity index (χ0n) is 29.5. The lowest BCUT2D eigenvalue weighted by atomic mass is 9.17. The molecule has 0 aromatic rings. The molecule has 15 rings (SSSR count). The second-order valence-corrected chi connectivity index (χ2v) is 20.4. The molecule has 7 saturated heterocycles. The minimum Gasteiger partial charge on any atom is -0.369 e. The van der Waals surface area contributed by atoms with Crippen molar-refractivity contribution in [1.82, 2.24) is 19.6 Å². The normalized spacial score (nSPS) is 64.7. The fourth-order valence-electron chi connectivity index (χ4n) is 19.5. The highest BCUT2D eigenvalue weighted by molar-refractivity contribution is 6.66. The maximum Gasteiger partial charge on any atom is 0.160 e. The molecular weight excluding hydrogens is 607 g/mol. The number of rotatable bonds is 0. The molecule has 15 aliphatic rings. The summed E-state index contributed by atoms with van der Waals surface area (Å²) < 4.78 is 15.3. The SMILES string of the molecule is CC1=NC2CC3C4C5B6C7C(CCCC7N7C(C)=NC8CC9C(C6C87)C6C4C4C(OC7CCCCC7N34)C3OC4CCCCC4N9C36)N1C25. The summed E-state index contributed by atoms with van der Waals surface area (Å²) in [5.41, 5.74) is 0. The molecule has 0 N–H and O–H groups in total. The summed E-state index contributed by atoms with van der Waals surface area (Å²) in [7, 11) is 0. The van der Waals surface area contributed by atoms with E-state index < -0.39 is 0 Å². The largest absolute Gasteiger partial charge is 0.369 e. The molecule has 260 valence electrons. The van der Waals surface area contributed by atoms with E-state index in [1.54, 1.807) is 0 Å². The first-order chi connectivity index (χ1) is 24.2. The van der Waals surface area contributed by atoms with Gasteiger partial charge in [0, 0.05) is 60.4 Å². The van der Waals surface area contributed by atoms with Gasteiger partial charge in [-0.15, -0.1) is 0 Å². The molecule has 9 aliphatic heterocycles. The van der Waals surface area contributed by atoms with E-state index in [9.17, 15) is 0 Å². The first kappa shape index (κ1) is 27.5. The summed E-state index contributed by atoms with van der Waals surface area (Å²) in [6.45, 7) is 5.71. The molecule has 9 heteroatoms. The van der Waals surface area contributed by atoms with Gasteiger partial charge in [-0.05, 0) is 113 Å². The Hall–Kier alpha value is -1.16. The van der Waals surface area contributed by atoms with Crippen LogP contribution in [0.3, 0.4) is 0 Å². The number of nitrogens with zero attached hydrogens (tertiary/aromatic N) is 6. The Balaban J connectivity index is 1.01. The van der Waals surface area contributed by atoms with E-state index >= 15 is 0 Å². The number of amidine groups is 2. The molecule has 0 bridgehead atoms. The summed E-state index contributed by atoms with van der Waals surface area (Å²) in [6.07, 6.45) is 18.9. The molecule has 8 nitrogen and oxygen atoms in total. The van der Waals surface area contributed by atoms with Crippen molar-refractivity contribution in [2.24, 2.45) is 33.7 Å². The Kier molecular flexibility index (Phi) is 4.92. The molecule has 0 spiro atoms. The fraction of sp³-hybridized carbons (Fsp3) is 0.950. The van der Waals surface area contributed by atoms with E-state index in [-0.39, 0.29) is 12.2 Å². The van der Waals surface area contributed by atoms with Gasteiger partial charge in [0.2, 0.25) is 0 Å². The Morgan fingerprint density at radius 2 is 0.980 bits per heavy atom. The minimum atomic E-state index is 0.262. The predicted molar refractivity (Wildman–Crippen MR) is 187 cm³/mol. The van der Waals surface area contributed by atoms with Gasteiger partial charge in [-0.3, -0.25) is 19.8 Å². The first-order valence-corrected chi connectivity index (χ1v) is 21.7. The number of fused-ring (bicyclic) bond motifs is 9. The molecule has 22 unspecified atom stereocenters. The summed E-state index contributed by atoms with van der Waals surface area (Å²) in [4.78, 5) is 24.2. The third-order valence-electron chi connectivity index (χ3n) is 19.7. The highest BCUT2D eigenvalue weighted by Gasteiger charge is 2.82. The van der Waals surface area contributed by atoms with Crippen LogP contribution in [0.25, 0.3) is 0 Å². The topological polar surface area (TPSA) is 56.1 Å². The smallest absolute Gasteiger partial charge is 0.160 e. The van der Waals surface area contributed by atoms with Crippen molar-refractivity contribution in [3.8, 4) is 0 Å². The van der Waals surface area contributed by atoms with Crippen LogP contribution in [0.15, 0.2) is 9.98 Å². The van der Waals surface area contributed by atoms with Crippen LogP contribution < -0.4 is 0 Å². The van der Waals surface area contributed by atoms with Crippen LogP contribution in [-0.2, 0) is 9.47 Å². The Morgan fingerprint density at radius 1 is 0.510 bits per heavy atom. The molecule has 22 atom stereocenters. The predicted octanol–water partition coefficient (Wildman–Crippen LogP) is 4.31. The lowest BCUT2D eigenvalue weighted by Crippen LogP contribution is -2.75.